The molecule has 0 fully saturated rings. The van der Waals surface area contributed by atoms with E-state index in [2.05, 4.69) is 41.9 Å². The van der Waals surface area contributed by atoms with Crippen LogP contribution in [0.1, 0.15) is 30.7 Å². The largest absolute Gasteiger partial charge is 0.479 e. The highest BCUT2D eigenvalue weighted by molar-refractivity contribution is 5.91. The summed E-state index contributed by atoms with van der Waals surface area (Å²) < 4.78 is 0. The van der Waals surface area contributed by atoms with Crippen LogP contribution < -0.4 is 0 Å². The topological polar surface area (TPSA) is 154 Å². The first kappa shape index (κ1) is 28.1. The molecule has 10 nitrogen and oxygen atoms in total. The maximum atomic E-state index is 12.7. The number of fused-ring (bicyclic) bond motifs is 1. The Labute approximate surface area is 193 Å². The molecule has 1 heterocycles. The number of para-hydroxylation sites is 1. The fraction of sp³-hybridized carbons (Fsp3) is 0.522. The molecule has 0 aliphatic heterocycles. The molecule has 1 amide bonds. The molecule has 2 unspecified atom stereocenters. The van der Waals surface area contributed by atoms with Crippen molar-refractivity contribution in [2.75, 3.05) is 33.7 Å². The summed E-state index contributed by atoms with van der Waals surface area (Å²) in [6.45, 7) is 8.71. The molecule has 0 bridgehead atoms. The van der Waals surface area contributed by atoms with Gasteiger partial charge in [-0.15, -0.1) is 0 Å². The minimum atomic E-state index is -2.27. The number of benzene rings is 1. The van der Waals surface area contributed by atoms with E-state index < -0.39 is 24.1 Å². The average molecular weight is 466 g/mol. The van der Waals surface area contributed by atoms with Crippen LogP contribution in [0.3, 0.4) is 0 Å². The van der Waals surface area contributed by atoms with Crippen LogP contribution in [0.4, 0.5) is 0 Å². The second-order valence-corrected chi connectivity index (χ2v) is 7.94. The lowest BCUT2D eigenvalue weighted by Crippen LogP contribution is -2.39. The number of aromatic nitrogens is 1. The van der Waals surface area contributed by atoms with Gasteiger partial charge in [-0.2, -0.15) is 0 Å². The van der Waals surface area contributed by atoms with Crippen molar-refractivity contribution >= 4 is 28.7 Å². The molecule has 2 rings (SSSR count). The average Bonchev–Trinajstić information content (AvgIpc) is 3.08. The van der Waals surface area contributed by atoms with Crippen molar-refractivity contribution < 1.29 is 34.8 Å². The number of H-pyrrole nitrogens is 1. The highest BCUT2D eigenvalue weighted by Gasteiger charge is 2.29. The number of carboxylic acids is 2. The van der Waals surface area contributed by atoms with Gasteiger partial charge in [-0.3, -0.25) is 4.79 Å². The number of carboxylic acid groups (broad SMARTS) is 2. The number of hydrogen-bond donors (Lipinski definition) is 5. The van der Waals surface area contributed by atoms with Crippen molar-refractivity contribution in [1.29, 1.82) is 0 Å². The summed E-state index contributed by atoms with van der Waals surface area (Å²) in [5, 5.41) is 33.7. The van der Waals surface area contributed by atoms with Gasteiger partial charge in [-0.25, -0.2) is 9.59 Å². The van der Waals surface area contributed by atoms with Gasteiger partial charge < -0.3 is 35.2 Å². The molecule has 0 radical (unpaired) electrons. The first-order valence-electron chi connectivity index (χ1n) is 10.8. The van der Waals surface area contributed by atoms with Gasteiger partial charge in [-0.1, -0.05) is 25.1 Å². The molecule has 0 saturated carbocycles. The van der Waals surface area contributed by atoms with Crippen LogP contribution in [0.2, 0.25) is 0 Å². The number of nitrogens with one attached hydrogen (secondary N) is 1. The number of aliphatic hydroxyl groups excluding tert-OH is 2. The Hall–Kier alpha value is -2.95. The van der Waals surface area contributed by atoms with Crippen LogP contribution >= 0.6 is 0 Å². The maximum absolute atomic E-state index is 12.7. The standard InChI is InChI=1S/C19H29N3O.C4H6O6/c1-6-15-9-8-10-16-17(14(3)20-19(15)16)13-18(23)22(7-2)12-11-21(4)5;5-1(3(7)8)2(6)4(9)10/h8-10,20H,6-7,11-13H2,1-5H3;1-2,5-6H,(H,7,8)(H,9,10). The summed E-state index contributed by atoms with van der Waals surface area (Å²) in [5.74, 6) is -3.33. The number of carbonyl (C=O) groups is 3. The van der Waals surface area contributed by atoms with E-state index in [9.17, 15) is 14.4 Å². The van der Waals surface area contributed by atoms with Gasteiger partial charge >= 0.3 is 11.9 Å². The first-order valence-corrected chi connectivity index (χ1v) is 10.8. The van der Waals surface area contributed by atoms with Gasteiger partial charge in [0.25, 0.3) is 0 Å². The van der Waals surface area contributed by atoms with Crippen molar-refractivity contribution in [3.05, 3.63) is 35.0 Å². The van der Waals surface area contributed by atoms with Crippen molar-refractivity contribution in [3.8, 4) is 0 Å². The Bertz CT molecular complexity index is 937. The van der Waals surface area contributed by atoms with E-state index in [-0.39, 0.29) is 5.91 Å². The number of aliphatic carboxylic acids is 2. The minimum absolute atomic E-state index is 0.209. The van der Waals surface area contributed by atoms with Gasteiger partial charge in [0, 0.05) is 36.2 Å². The number of carbonyl (C=O) groups excluding carboxylic acids is 1. The predicted octanol–water partition coefficient (Wildman–Crippen LogP) is 0.869. The summed E-state index contributed by atoms with van der Waals surface area (Å²) in [5.41, 5.74) is 4.75. The summed E-state index contributed by atoms with van der Waals surface area (Å²) >= 11 is 0. The second-order valence-electron chi connectivity index (χ2n) is 7.94. The molecular weight excluding hydrogens is 430 g/mol. The number of aryl methyl sites for hydroxylation is 2. The molecule has 33 heavy (non-hydrogen) atoms. The van der Waals surface area contributed by atoms with Crippen molar-refractivity contribution in [2.24, 2.45) is 0 Å². The highest BCUT2D eigenvalue weighted by Crippen LogP contribution is 2.26. The molecule has 0 saturated heterocycles. The zero-order chi connectivity index (χ0) is 25.3. The van der Waals surface area contributed by atoms with E-state index in [1.165, 1.54) is 16.5 Å². The summed E-state index contributed by atoms with van der Waals surface area (Å²) in [4.78, 5) is 39.8. The quantitative estimate of drug-likeness (QED) is 0.346. The van der Waals surface area contributed by atoms with Crippen molar-refractivity contribution in [3.63, 3.8) is 0 Å². The van der Waals surface area contributed by atoms with E-state index in [1.54, 1.807) is 0 Å². The van der Waals surface area contributed by atoms with Crippen LogP contribution in [0, 0.1) is 6.92 Å². The molecule has 5 N–H and O–H groups in total. The number of likely N-dealkylation sites (N-methyl/N-ethyl adjacent to an activating group) is 2. The molecule has 0 spiro atoms. The number of aromatic amines is 1. The third kappa shape index (κ3) is 7.85. The Morgan fingerprint density at radius 2 is 1.58 bits per heavy atom. The van der Waals surface area contributed by atoms with E-state index in [1.807, 2.05) is 25.9 Å². The Balaban J connectivity index is 0.000000461. The molecule has 1 aromatic heterocycles. The Morgan fingerprint density at radius 3 is 2.03 bits per heavy atom. The molecule has 1 aromatic carbocycles. The fourth-order valence-corrected chi connectivity index (χ4v) is 3.30. The number of rotatable bonds is 10. The molecule has 10 heteroatoms. The van der Waals surface area contributed by atoms with Crippen molar-refractivity contribution in [1.82, 2.24) is 14.8 Å². The Morgan fingerprint density at radius 1 is 1.00 bits per heavy atom. The van der Waals surface area contributed by atoms with Gasteiger partial charge in [0.15, 0.2) is 12.2 Å². The molecule has 2 aromatic rings. The number of nitrogens with zero attached hydrogens (tertiary/aromatic N) is 2. The summed E-state index contributed by atoms with van der Waals surface area (Å²) in [7, 11) is 4.07. The lowest BCUT2D eigenvalue weighted by molar-refractivity contribution is -0.165. The molecule has 2 atom stereocenters. The molecule has 184 valence electrons. The molecule has 0 aliphatic rings. The maximum Gasteiger partial charge on any atom is 0.335 e. The van der Waals surface area contributed by atoms with Crippen LogP contribution in [-0.4, -0.2) is 99.0 Å². The third-order valence-electron chi connectivity index (χ3n) is 5.31. The van der Waals surface area contributed by atoms with Crippen LogP contribution in [-0.2, 0) is 27.2 Å². The number of amides is 1. The number of hydrogen-bond acceptors (Lipinski definition) is 6. The van der Waals surface area contributed by atoms with E-state index in [0.29, 0.717) is 6.42 Å². The lowest BCUT2D eigenvalue weighted by Gasteiger charge is -2.23. The molecular formula is C23H35N3O7. The van der Waals surface area contributed by atoms with Gasteiger partial charge in [0.05, 0.1) is 6.42 Å². The smallest absolute Gasteiger partial charge is 0.335 e. The second kappa shape index (κ2) is 12.9. The van der Waals surface area contributed by atoms with Gasteiger partial charge in [-0.05, 0) is 45.5 Å². The predicted molar refractivity (Wildman–Crippen MR) is 124 cm³/mol. The monoisotopic (exact) mass is 465 g/mol. The lowest BCUT2D eigenvalue weighted by atomic mass is 10.0. The first-order chi connectivity index (χ1) is 15.4. The van der Waals surface area contributed by atoms with E-state index >= 15 is 0 Å². The van der Waals surface area contributed by atoms with Crippen LogP contribution in [0.15, 0.2) is 18.2 Å². The Kier molecular flexibility index (Phi) is 11.0. The minimum Gasteiger partial charge on any atom is -0.479 e. The molecule has 0 aliphatic carbocycles. The highest BCUT2D eigenvalue weighted by atomic mass is 16.4. The van der Waals surface area contributed by atoms with Gasteiger partial charge in [0.1, 0.15) is 0 Å². The zero-order valence-corrected chi connectivity index (χ0v) is 19.8. The van der Waals surface area contributed by atoms with E-state index in [0.717, 1.165) is 37.3 Å². The van der Waals surface area contributed by atoms with E-state index in [4.69, 9.17) is 20.4 Å². The SMILES string of the molecule is CCc1cccc2c(CC(=O)N(CC)CCN(C)C)c(C)[nH]c12.O=C(O)C(O)C(O)C(=O)O. The van der Waals surface area contributed by atoms with Crippen molar-refractivity contribution in [2.45, 2.75) is 45.8 Å². The normalized spacial score (nSPS) is 12.7. The fourth-order valence-electron chi connectivity index (χ4n) is 3.30. The third-order valence-corrected chi connectivity index (χ3v) is 5.31. The zero-order valence-electron chi connectivity index (χ0n) is 19.8. The number of aliphatic hydroxyl groups is 2. The van der Waals surface area contributed by atoms with Crippen LogP contribution in [0.5, 0.6) is 0 Å². The summed E-state index contributed by atoms with van der Waals surface area (Å²) in [6, 6.07) is 6.36. The van der Waals surface area contributed by atoms with Gasteiger partial charge in [0.2, 0.25) is 5.91 Å². The summed E-state index contributed by atoms with van der Waals surface area (Å²) in [6.07, 6.45) is -3.07. The van der Waals surface area contributed by atoms with Crippen LogP contribution in [0.25, 0.3) is 10.9 Å².